The van der Waals surface area contributed by atoms with Crippen molar-refractivity contribution in [2.24, 2.45) is 0 Å². The Morgan fingerprint density at radius 3 is 2.75 bits per heavy atom. The highest BCUT2D eigenvalue weighted by Crippen LogP contribution is 2.30. The van der Waals surface area contributed by atoms with E-state index in [1.54, 1.807) is 18.2 Å². The fourth-order valence-electron chi connectivity index (χ4n) is 2.27. The largest absolute Gasteiger partial charge is 0.350 e. The lowest BCUT2D eigenvalue weighted by atomic mass is 10.1. The Morgan fingerprint density at radius 2 is 2.15 bits per heavy atom. The van der Waals surface area contributed by atoms with Crippen molar-refractivity contribution < 1.29 is 13.2 Å². The van der Waals surface area contributed by atoms with E-state index in [1.165, 1.54) is 10.6 Å². The second-order valence-corrected chi connectivity index (χ2v) is 7.12. The number of benzene rings is 1. The third-order valence-corrected chi connectivity index (χ3v) is 4.76. The van der Waals surface area contributed by atoms with E-state index in [-0.39, 0.29) is 11.9 Å². The quantitative estimate of drug-likeness (QED) is 0.916. The maximum atomic E-state index is 12.0. The molecule has 1 aliphatic heterocycles. The van der Waals surface area contributed by atoms with Crippen LogP contribution in [-0.2, 0) is 16.4 Å². The lowest BCUT2D eigenvalue weighted by molar-refractivity contribution is 0.0939. The molecule has 5 nitrogen and oxygen atoms in total. The number of fused-ring (bicyclic) bond motifs is 1. The summed E-state index contributed by atoms with van der Waals surface area (Å²) < 4.78 is 24.7. The third-order valence-electron chi connectivity index (χ3n) is 3.58. The van der Waals surface area contributed by atoms with E-state index in [0.29, 0.717) is 24.2 Å². The van der Waals surface area contributed by atoms with Gasteiger partial charge in [0.1, 0.15) is 0 Å². The summed E-state index contributed by atoms with van der Waals surface area (Å²) in [6, 6.07) is 5.32. The first kappa shape index (κ1) is 14.8. The van der Waals surface area contributed by atoms with Crippen LogP contribution in [0.25, 0.3) is 0 Å². The zero-order chi connectivity index (χ0) is 14.9. The second-order valence-electron chi connectivity index (χ2n) is 5.21. The van der Waals surface area contributed by atoms with Crippen LogP contribution < -0.4 is 9.62 Å². The highest BCUT2D eigenvalue weighted by atomic mass is 32.2. The molecule has 1 amide bonds. The molecule has 110 valence electrons. The van der Waals surface area contributed by atoms with Gasteiger partial charge in [0.15, 0.2) is 0 Å². The summed E-state index contributed by atoms with van der Waals surface area (Å²) in [6.07, 6.45) is 2.72. The Labute approximate surface area is 120 Å². The maximum Gasteiger partial charge on any atom is 0.251 e. The fourth-order valence-corrected chi connectivity index (χ4v) is 3.22. The van der Waals surface area contributed by atoms with E-state index in [9.17, 15) is 13.2 Å². The van der Waals surface area contributed by atoms with Crippen molar-refractivity contribution in [1.82, 2.24) is 5.32 Å². The first-order valence-corrected chi connectivity index (χ1v) is 8.59. The molecule has 6 heteroatoms. The van der Waals surface area contributed by atoms with E-state index < -0.39 is 10.0 Å². The van der Waals surface area contributed by atoms with Gasteiger partial charge in [0.25, 0.3) is 5.91 Å². The van der Waals surface area contributed by atoms with Gasteiger partial charge in [0.05, 0.1) is 11.9 Å². The molecule has 1 aliphatic rings. The van der Waals surface area contributed by atoms with Crippen LogP contribution in [0.1, 0.15) is 36.2 Å². The van der Waals surface area contributed by atoms with Gasteiger partial charge in [-0.3, -0.25) is 9.10 Å². The molecule has 0 unspecified atom stereocenters. The van der Waals surface area contributed by atoms with Gasteiger partial charge in [0.2, 0.25) is 10.0 Å². The molecule has 20 heavy (non-hydrogen) atoms. The van der Waals surface area contributed by atoms with Crippen molar-refractivity contribution in [2.45, 2.75) is 32.7 Å². The van der Waals surface area contributed by atoms with Gasteiger partial charge in [-0.15, -0.1) is 0 Å². The Bertz CT molecular complexity index is 625. The predicted octanol–water partition coefficient (Wildman–Crippen LogP) is 1.54. The zero-order valence-electron chi connectivity index (χ0n) is 12.0. The number of carbonyl (C=O) groups excluding carboxylic acids is 1. The standard InChI is InChI=1S/C14H20N2O3S/c1-4-10(2)15-14(17)12-5-6-13-11(9-12)7-8-16(13)20(3,18)19/h5-6,9-10H,4,7-8H2,1-3H3,(H,15,17)/t10-/m1/s1. The molecule has 0 saturated carbocycles. The molecule has 0 aliphatic carbocycles. The normalized spacial score (nSPS) is 15.8. The number of nitrogens with zero attached hydrogens (tertiary/aromatic N) is 1. The molecule has 1 N–H and O–H groups in total. The molecule has 1 aromatic carbocycles. The summed E-state index contributed by atoms with van der Waals surface area (Å²) in [7, 11) is -3.24. The van der Waals surface area contributed by atoms with Crippen molar-refractivity contribution >= 4 is 21.6 Å². The zero-order valence-corrected chi connectivity index (χ0v) is 12.8. The smallest absolute Gasteiger partial charge is 0.251 e. The Balaban J connectivity index is 2.24. The number of nitrogens with one attached hydrogen (secondary N) is 1. The number of amides is 1. The predicted molar refractivity (Wildman–Crippen MR) is 79.6 cm³/mol. The first-order chi connectivity index (χ1) is 9.32. The van der Waals surface area contributed by atoms with Gasteiger partial charge in [0, 0.05) is 18.2 Å². The molecule has 0 radical (unpaired) electrons. The van der Waals surface area contributed by atoms with Gasteiger partial charge in [-0.1, -0.05) is 6.92 Å². The van der Waals surface area contributed by atoms with E-state index in [1.807, 2.05) is 13.8 Å². The molecule has 1 heterocycles. The molecule has 1 aromatic rings. The number of carbonyl (C=O) groups is 1. The maximum absolute atomic E-state index is 12.0. The van der Waals surface area contributed by atoms with Crippen molar-refractivity contribution in [3.63, 3.8) is 0 Å². The summed E-state index contributed by atoms with van der Waals surface area (Å²) in [5, 5.41) is 2.91. The lowest BCUT2D eigenvalue weighted by Crippen LogP contribution is -2.32. The topological polar surface area (TPSA) is 66.5 Å². The third kappa shape index (κ3) is 2.95. The molecular formula is C14H20N2O3S. The Hall–Kier alpha value is -1.56. The molecule has 1 atom stereocenters. The van der Waals surface area contributed by atoms with Crippen LogP contribution in [0.15, 0.2) is 18.2 Å². The monoisotopic (exact) mass is 296 g/mol. The fraction of sp³-hybridized carbons (Fsp3) is 0.500. The summed E-state index contributed by atoms with van der Waals surface area (Å²) in [5.74, 6) is -0.111. The van der Waals surface area contributed by atoms with E-state index >= 15 is 0 Å². The number of hydrogen-bond acceptors (Lipinski definition) is 3. The van der Waals surface area contributed by atoms with Crippen LogP contribution in [0.2, 0.25) is 0 Å². The van der Waals surface area contributed by atoms with Crippen molar-refractivity contribution in [2.75, 3.05) is 17.1 Å². The average Bonchev–Trinajstić information content (AvgIpc) is 2.80. The van der Waals surface area contributed by atoms with Gasteiger partial charge in [-0.25, -0.2) is 8.42 Å². The van der Waals surface area contributed by atoms with Crippen molar-refractivity contribution in [3.8, 4) is 0 Å². The highest BCUT2D eigenvalue weighted by Gasteiger charge is 2.26. The van der Waals surface area contributed by atoms with Crippen LogP contribution in [0.4, 0.5) is 5.69 Å². The van der Waals surface area contributed by atoms with Gasteiger partial charge >= 0.3 is 0 Å². The highest BCUT2D eigenvalue weighted by molar-refractivity contribution is 7.92. The molecule has 0 fully saturated rings. The second kappa shape index (κ2) is 5.44. The van der Waals surface area contributed by atoms with Crippen molar-refractivity contribution in [1.29, 1.82) is 0 Å². The molecule has 0 bridgehead atoms. The minimum atomic E-state index is -3.24. The summed E-state index contributed by atoms with van der Waals surface area (Å²) >= 11 is 0. The van der Waals surface area contributed by atoms with Gasteiger partial charge in [-0.05, 0) is 43.5 Å². The number of rotatable bonds is 4. The van der Waals surface area contributed by atoms with E-state index in [4.69, 9.17) is 0 Å². The van der Waals surface area contributed by atoms with Gasteiger partial charge in [-0.2, -0.15) is 0 Å². The summed E-state index contributed by atoms with van der Waals surface area (Å²) in [6.45, 7) is 4.42. The Morgan fingerprint density at radius 1 is 1.45 bits per heavy atom. The summed E-state index contributed by atoms with van der Waals surface area (Å²) in [5.41, 5.74) is 2.18. The molecule has 0 saturated heterocycles. The molecular weight excluding hydrogens is 276 g/mol. The van der Waals surface area contributed by atoms with E-state index in [0.717, 1.165) is 12.0 Å². The average molecular weight is 296 g/mol. The number of sulfonamides is 1. The first-order valence-electron chi connectivity index (χ1n) is 6.74. The van der Waals surface area contributed by atoms with E-state index in [2.05, 4.69) is 5.32 Å². The van der Waals surface area contributed by atoms with Crippen LogP contribution in [0.5, 0.6) is 0 Å². The molecule has 2 rings (SSSR count). The SMILES string of the molecule is CC[C@@H](C)NC(=O)c1ccc2c(c1)CCN2S(C)(=O)=O. The number of anilines is 1. The Kier molecular flexibility index (Phi) is 4.04. The minimum absolute atomic E-state index is 0.111. The molecule has 0 spiro atoms. The van der Waals surface area contributed by atoms with Crippen LogP contribution in [0, 0.1) is 0 Å². The summed E-state index contributed by atoms with van der Waals surface area (Å²) in [4.78, 5) is 12.0. The lowest BCUT2D eigenvalue weighted by Gasteiger charge is -2.17. The minimum Gasteiger partial charge on any atom is -0.350 e. The van der Waals surface area contributed by atoms with Crippen molar-refractivity contribution in [3.05, 3.63) is 29.3 Å². The number of hydrogen-bond donors (Lipinski definition) is 1. The van der Waals surface area contributed by atoms with Crippen LogP contribution in [0.3, 0.4) is 0 Å². The van der Waals surface area contributed by atoms with Crippen LogP contribution >= 0.6 is 0 Å². The molecule has 0 aromatic heterocycles. The van der Waals surface area contributed by atoms with Crippen LogP contribution in [-0.4, -0.2) is 33.2 Å². The van der Waals surface area contributed by atoms with Gasteiger partial charge < -0.3 is 5.32 Å².